The predicted octanol–water partition coefficient (Wildman–Crippen LogP) is 0.662. The summed E-state index contributed by atoms with van der Waals surface area (Å²) >= 11 is 5.86. The lowest BCUT2D eigenvalue weighted by Crippen LogP contribution is -3.11. The third-order valence-electron chi connectivity index (χ3n) is 3.14. The number of carbonyl (C=O) groups is 2. The van der Waals surface area contributed by atoms with E-state index in [1.54, 1.807) is 29.2 Å². The Morgan fingerprint density at radius 3 is 2.48 bits per heavy atom. The highest BCUT2D eigenvalue weighted by Gasteiger charge is 2.17. The highest BCUT2D eigenvalue weighted by Crippen LogP contribution is 2.14. The van der Waals surface area contributed by atoms with Crippen molar-refractivity contribution in [1.82, 2.24) is 4.90 Å². The van der Waals surface area contributed by atoms with Gasteiger partial charge in [-0.15, -0.1) is 0 Å². The van der Waals surface area contributed by atoms with Crippen molar-refractivity contribution in [2.75, 3.05) is 38.5 Å². The maximum Gasteiger partial charge on any atom is 0.279 e. The Balaban J connectivity index is 2.45. The second-order valence-electron chi connectivity index (χ2n) is 4.94. The maximum absolute atomic E-state index is 12.0. The number of nitrogens with zero attached hydrogens (tertiary/aromatic N) is 1. The molecular formula is C15H23ClN3O2+. The van der Waals surface area contributed by atoms with Crippen molar-refractivity contribution in [3.63, 3.8) is 0 Å². The van der Waals surface area contributed by atoms with Crippen molar-refractivity contribution in [1.29, 1.82) is 0 Å². The third-order valence-corrected chi connectivity index (χ3v) is 3.37. The molecule has 2 amide bonds. The normalized spacial score (nSPS) is 11.8. The lowest BCUT2D eigenvalue weighted by atomic mass is 10.3. The van der Waals surface area contributed by atoms with Gasteiger partial charge in [0.2, 0.25) is 0 Å². The van der Waals surface area contributed by atoms with Crippen LogP contribution in [-0.2, 0) is 9.59 Å². The minimum absolute atomic E-state index is 0.0630. The van der Waals surface area contributed by atoms with Crippen LogP contribution in [0.3, 0.4) is 0 Å². The first-order valence-electron chi connectivity index (χ1n) is 7.10. The third kappa shape index (κ3) is 6.14. The number of quaternary nitrogens is 1. The van der Waals surface area contributed by atoms with Crippen LogP contribution in [0, 0.1) is 0 Å². The SMILES string of the molecule is CCN(CC)C(=O)C[NH+](C)CC(=O)Nc1cccc(Cl)c1. The van der Waals surface area contributed by atoms with E-state index in [4.69, 9.17) is 11.6 Å². The fourth-order valence-corrected chi connectivity index (χ4v) is 2.24. The second kappa shape index (κ2) is 8.64. The van der Waals surface area contributed by atoms with Crippen molar-refractivity contribution in [2.24, 2.45) is 0 Å². The Morgan fingerprint density at radius 2 is 1.90 bits per heavy atom. The molecule has 1 rings (SSSR count). The summed E-state index contributed by atoms with van der Waals surface area (Å²) in [7, 11) is 1.83. The van der Waals surface area contributed by atoms with Gasteiger partial charge >= 0.3 is 0 Å². The quantitative estimate of drug-likeness (QED) is 0.777. The monoisotopic (exact) mass is 312 g/mol. The molecular weight excluding hydrogens is 290 g/mol. The molecule has 0 aliphatic heterocycles. The van der Waals surface area contributed by atoms with Crippen LogP contribution in [0.4, 0.5) is 5.69 Å². The van der Waals surface area contributed by atoms with Crippen LogP contribution in [-0.4, -0.2) is 49.9 Å². The molecule has 0 saturated carbocycles. The molecule has 6 heteroatoms. The summed E-state index contributed by atoms with van der Waals surface area (Å²) < 4.78 is 0. The van der Waals surface area contributed by atoms with Crippen molar-refractivity contribution >= 4 is 29.1 Å². The molecule has 1 aromatic rings. The summed E-state index contributed by atoms with van der Waals surface area (Å²) in [6, 6.07) is 6.99. The van der Waals surface area contributed by atoms with Crippen LogP contribution in [0.15, 0.2) is 24.3 Å². The maximum atomic E-state index is 12.0. The number of rotatable bonds is 7. The van der Waals surface area contributed by atoms with Crippen molar-refractivity contribution < 1.29 is 14.5 Å². The van der Waals surface area contributed by atoms with E-state index in [9.17, 15) is 9.59 Å². The zero-order valence-corrected chi connectivity index (χ0v) is 13.5. The predicted molar refractivity (Wildman–Crippen MR) is 84.6 cm³/mol. The highest BCUT2D eigenvalue weighted by molar-refractivity contribution is 6.30. The number of halogens is 1. The summed E-state index contributed by atoms with van der Waals surface area (Å²) in [4.78, 5) is 26.5. The summed E-state index contributed by atoms with van der Waals surface area (Å²) in [5, 5.41) is 3.35. The van der Waals surface area contributed by atoms with Gasteiger partial charge in [-0.05, 0) is 32.0 Å². The highest BCUT2D eigenvalue weighted by atomic mass is 35.5. The number of hydrogen-bond acceptors (Lipinski definition) is 2. The van der Waals surface area contributed by atoms with Crippen LogP contribution >= 0.6 is 11.6 Å². The Labute approximate surface area is 130 Å². The molecule has 0 spiro atoms. The molecule has 2 N–H and O–H groups in total. The van der Waals surface area contributed by atoms with Crippen LogP contribution < -0.4 is 10.2 Å². The van der Waals surface area contributed by atoms with Gasteiger partial charge in [0.1, 0.15) is 0 Å². The van der Waals surface area contributed by atoms with Gasteiger partial charge in [-0.2, -0.15) is 0 Å². The molecule has 1 unspecified atom stereocenters. The van der Waals surface area contributed by atoms with Gasteiger partial charge in [-0.1, -0.05) is 17.7 Å². The van der Waals surface area contributed by atoms with Gasteiger partial charge in [0.25, 0.3) is 11.8 Å². The van der Waals surface area contributed by atoms with E-state index in [1.807, 2.05) is 20.9 Å². The Hall–Kier alpha value is -1.59. The molecule has 0 aliphatic rings. The smallest absolute Gasteiger partial charge is 0.279 e. The summed E-state index contributed by atoms with van der Waals surface area (Å²) in [5.74, 6) is -0.0739. The van der Waals surface area contributed by atoms with E-state index < -0.39 is 0 Å². The van der Waals surface area contributed by atoms with Gasteiger partial charge in [0.05, 0.1) is 7.05 Å². The Morgan fingerprint density at radius 1 is 1.24 bits per heavy atom. The van der Waals surface area contributed by atoms with E-state index in [0.29, 0.717) is 30.3 Å². The van der Waals surface area contributed by atoms with Crippen LogP contribution in [0.1, 0.15) is 13.8 Å². The number of amides is 2. The summed E-state index contributed by atoms with van der Waals surface area (Å²) in [6.45, 7) is 5.82. The number of carbonyl (C=O) groups excluding carboxylic acids is 2. The molecule has 1 aromatic carbocycles. The molecule has 1 atom stereocenters. The van der Waals surface area contributed by atoms with Gasteiger partial charge < -0.3 is 15.1 Å². The molecule has 0 aromatic heterocycles. The standard InChI is InChI=1S/C15H22ClN3O2/c1-4-19(5-2)15(21)11-18(3)10-14(20)17-13-8-6-7-12(16)9-13/h6-9H,4-5,10-11H2,1-3H3,(H,17,20)/p+1. The molecule has 0 heterocycles. The zero-order valence-electron chi connectivity index (χ0n) is 12.8. The van der Waals surface area contributed by atoms with Crippen molar-refractivity contribution in [3.8, 4) is 0 Å². The van der Waals surface area contributed by atoms with E-state index in [2.05, 4.69) is 5.32 Å². The van der Waals surface area contributed by atoms with E-state index in [0.717, 1.165) is 4.90 Å². The minimum Gasteiger partial charge on any atom is -0.338 e. The van der Waals surface area contributed by atoms with Crippen LogP contribution in [0.5, 0.6) is 0 Å². The van der Waals surface area contributed by atoms with E-state index >= 15 is 0 Å². The van der Waals surface area contributed by atoms with Gasteiger partial charge in [-0.3, -0.25) is 9.59 Å². The molecule has 0 fully saturated rings. The number of anilines is 1. The lowest BCUT2D eigenvalue weighted by molar-refractivity contribution is -0.862. The molecule has 0 radical (unpaired) electrons. The topological polar surface area (TPSA) is 53.9 Å². The largest absolute Gasteiger partial charge is 0.338 e. The number of benzene rings is 1. The summed E-state index contributed by atoms with van der Waals surface area (Å²) in [6.07, 6.45) is 0. The lowest BCUT2D eigenvalue weighted by Gasteiger charge is -2.20. The first-order valence-corrected chi connectivity index (χ1v) is 7.48. The molecule has 0 saturated heterocycles. The number of hydrogen-bond donors (Lipinski definition) is 2. The minimum atomic E-state index is -0.137. The average Bonchev–Trinajstić information content (AvgIpc) is 2.39. The van der Waals surface area contributed by atoms with Crippen molar-refractivity contribution in [2.45, 2.75) is 13.8 Å². The van der Waals surface area contributed by atoms with E-state index in [-0.39, 0.29) is 18.4 Å². The van der Waals surface area contributed by atoms with Gasteiger partial charge in [0.15, 0.2) is 13.1 Å². The Bertz CT molecular complexity index is 490. The molecule has 0 bridgehead atoms. The average molecular weight is 313 g/mol. The Kier molecular flexibility index (Phi) is 7.19. The molecule has 21 heavy (non-hydrogen) atoms. The van der Waals surface area contributed by atoms with E-state index in [1.165, 1.54) is 0 Å². The van der Waals surface area contributed by atoms with Gasteiger partial charge in [0, 0.05) is 23.8 Å². The molecule has 116 valence electrons. The molecule has 5 nitrogen and oxygen atoms in total. The number of nitrogens with one attached hydrogen (secondary N) is 2. The fraction of sp³-hybridized carbons (Fsp3) is 0.467. The number of likely N-dealkylation sites (N-methyl/N-ethyl adjacent to an activating group) is 2. The first-order chi connectivity index (χ1) is 9.96. The fourth-order valence-electron chi connectivity index (χ4n) is 2.05. The van der Waals surface area contributed by atoms with Crippen LogP contribution in [0.2, 0.25) is 5.02 Å². The summed E-state index contributed by atoms with van der Waals surface area (Å²) in [5.41, 5.74) is 0.662. The van der Waals surface area contributed by atoms with Gasteiger partial charge in [-0.25, -0.2) is 0 Å². The second-order valence-corrected chi connectivity index (χ2v) is 5.37. The van der Waals surface area contributed by atoms with Crippen molar-refractivity contribution in [3.05, 3.63) is 29.3 Å². The van der Waals surface area contributed by atoms with Crippen LogP contribution in [0.25, 0.3) is 0 Å². The molecule has 0 aliphatic carbocycles. The first kappa shape index (κ1) is 17.5. The zero-order chi connectivity index (χ0) is 15.8.